The Kier molecular flexibility index (Phi) is 2.89. The van der Waals surface area contributed by atoms with Crippen LogP contribution in [0.15, 0.2) is 18.2 Å². The Morgan fingerprint density at radius 2 is 2.25 bits per heavy atom. The van der Waals surface area contributed by atoms with Crippen LogP contribution >= 0.6 is 0 Å². The smallest absolute Gasteiger partial charge is 0.126 e. The van der Waals surface area contributed by atoms with Crippen molar-refractivity contribution in [2.75, 3.05) is 0 Å². The summed E-state index contributed by atoms with van der Waals surface area (Å²) in [6.45, 7) is 3.28. The molecule has 2 heterocycles. The summed E-state index contributed by atoms with van der Waals surface area (Å²) in [5.41, 5.74) is -1.44. The minimum atomic E-state index is -1.42. The van der Waals surface area contributed by atoms with Crippen LogP contribution in [-0.2, 0) is 10.3 Å². The van der Waals surface area contributed by atoms with E-state index in [1.54, 1.807) is 26.0 Å². The van der Waals surface area contributed by atoms with Crippen molar-refractivity contribution in [1.29, 1.82) is 5.26 Å². The van der Waals surface area contributed by atoms with Gasteiger partial charge >= 0.3 is 0 Å². The standard InChI is InChI=1S/C16H18FNO2/c1-10-3-4-11(7-13(10)17)15(2,19)16(9-18)8-12-5-6-14(16)20-12/h3-4,7,12,14,19H,5-6,8H2,1-2H3. The van der Waals surface area contributed by atoms with Crippen molar-refractivity contribution in [2.24, 2.45) is 5.41 Å². The monoisotopic (exact) mass is 275 g/mol. The molecule has 106 valence electrons. The Bertz CT molecular complexity index is 593. The minimum absolute atomic E-state index is 0.0430. The fourth-order valence-corrected chi connectivity index (χ4v) is 3.60. The first-order chi connectivity index (χ1) is 9.40. The highest BCUT2D eigenvalue weighted by Gasteiger charge is 2.62. The van der Waals surface area contributed by atoms with Gasteiger partial charge in [-0.1, -0.05) is 12.1 Å². The van der Waals surface area contributed by atoms with Gasteiger partial charge in [0.05, 0.1) is 18.3 Å². The third-order valence-corrected chi connectivity index (χ3v) is 5.01. The molecule has 2 aliphatic heterocycles. The molecule has 1 aromatic rings. The van der Waals surface area contributed by atoms with Gasteiger partial charge in [-0.2, -0.15) is 5.26 Å². The molecule has 0 saturated carbocycles. The Morgan fingerprint density at radius 3 is 2.75 bits per heavy atom. The molecule has 0 aromatic heterocycles. The van der Waals surface area contributed by atoms with Gasteiger partial charge in [0.2, 0.25) is 0 Å². The van der Waals surface area contributed by atoms with Crippen LogP contribution in [0.25, 0.3) is 0 Å². The average Bonchev–Trinajstić information content (AvgIpc) is 3.02. The predicted octanol–water partition coefficient (Wildman–Crippen LogP) is 2.80. The van der Waals surface area contributed by atoms with E-state index in [4.69, 9.17) is 4.74 Å². The Morgan fingerprint density at radius 1 is 1.50 bits per heavy atom. The van der Waals surface area contributed by atoms with E-state index in [0.717, 1.165) is 12.8 Å². The zero-order chi connectivity index (χ0) is 14.5. The summed E-state index contributed by atoms with van der Waals surface area (Å²) in [5.74, 6) is -0.361. The molecule has 0 aliphatic carbocycles. The van der Waals surface area contributed by atoms with E-state index in [0.29, 0.717) is 17.5 Å². The van der Waals surface area contributed by atoms with E-state index in [1.807, 2.05) is 0 Å². The number of aryl methyl sites for hydroxylation is 1. The molecule has 2 aliphatic rings. The van der Waals surface area contributed by atoms with Crippen molar-refractivity contribution in [1.82, 2.24) is 0 Å². The number of nitriles is 1. The van der Waals surface area contributed by atoms with E-state index in [2.05, 4.69) is 6.07 Å². The fraction of sp³-hybridized carbons (Fsp3) is 0.562. The van der Waals surface area contributed by atoms with Crippen molar-refractivity contribution >= 4 is 0 Å². The quantitative estimate of drug-likeness (QED) is 0.903. The Balaban J connectivity index is 2.06. The average molecular weight is 275 g/mol. The molecule has 1 aromatic carbocycles. The van der Waals surface area contributed by atoms with Crippen LogP contribution < -0.4 is 0 Å². The number of nitrogens with zero attached hydrogens (tertiary/aromatic N) is 1. The van der Waals surface area contributed by atoms with Gasteiger partial charge in [0, 0.05) is 0 Å². The maximum absolute atomic E-state index is 13.8. The van der Waals surface area contributed by atoms with Crippen molar-refractivity contribution < 1.29 is 14.2 Å². The maximum Gasteiger partial charge on any atom is 0.126 e. The van der Waals surface area contributed by atoms with Crippen molar-refractivity contribution in [2.45, 2.75) is 50.9 Å². The minimum Gasteiger partial charge on any atom is -0.384 e. The molecule has 4 atom stereocenters. The van der Waals surface area contributed by atoms with Gasteiger partial charge < -0.3 is 9.84 Å². The summed E-state index contributed by atoms with van der Waals surface area (Å²) in [5, 5.41) is 20.7. The van der Waals surface area contributed by atoms with Gasteiger partial charge in [0.15, 0.2) is 0 Å². The Labute approximate surface area is 118 Å². The second kappa shape index (κ2) is 4.28. The Hall–Kier alpha value is -1.44. The summed E-state index contributed by atoms with van der Waals surface area (Å²) in [6, 6.07) is 6.95. The molecule has 2 fully saturated rings. The van der Waals surface area contributed by atoms with Crippen molar-refractivity contribution in [3.63, 3.8) is 0 Å². The SMILES string of the molecule is Cc1ccc(C(C)(O)C2(C#N)CC3CCC2O3)cc1F. The first kappa shape index (κ1) is 13.5. The number of halogens is 1. The molecule has 2 saturated heterocycles. The van der Waals surface area contributed by atoms with Crippen molar-refractivity contribution in [3.8, 4) is 6.07 Å². The molecular weight excluding hydrogens is 257 g/mol. The van der Waals surface area contributed by atoms with Gasteiger partial charge in [0.25, 0.3) is 0 Å². The summed E-state index contributed by atoms with van der Waals surface area (Å²) < 4.78 is 19.6. The largest absolute Gasteiger partial charge is 0.384 e. The molecule has 4 unspecified atom stereocenters. The maximum atomic E-state index is 13.8. The van der Waals surface area contributed by atoms with E-state index < -0.39 is 11.0 Å². The highest BCUT2D eigenvalue weighted by molar-refractivity contribution is 5.34. The summed E-state index contributed by atoms with van der Waals surface area (Å²) >= 11 is 0. The van der Waals surface area contributed by atoms with Crippen LogP contribution in [0, 0.1) is 29.5 Å². The second-order valence-corrected chi connectivity index (χ2v) is 6.15. The molecule has 3 rings (SSSR count). The third kappa shape index (κ3) is 1.63. The fourth-order valence-electron chi connectivity index (χ4n) is 3.60. The molecule has 0 radical (unpaired) electrons. The van der Waals surface area contributed by atoms with Crippen LogP contribution in [0.4, 0.5) is 4.39 Å². The second-order valence-electron chi connectivity index (χ2n) is 6.15. The lowest BCUT2D eigenvalue weighted by Gasteiger charge is -2.41. The molecule has 0 amide bonds. The topological polar surface area (TPSA) is 53.2 Å². The number of benzene rings is 1. The number of rotatable bonds is 2. The molecule has 3 nitrogen and oxygen atoms in total. The van der Waals surface area contributed by atoms with Crippen LogP contribution in [0.1, 0.15) is 37.3 Å². The van der Waals surface area contributed by atoms with Gasteiger partial charge in [-0.3, -0.25) is 0 Å². The molecule has 1 N–H and O–H groups in total. The van der Waals surface area contributed by atoms with E-state index in [1.165, 1.54) is 6.07 Å². The lowest BCUT2D eigenvalue weighted by atomic mass is 9.62. The molecular formula is C16H18FNO2. The highest BCUT2D eigenvalue weighted by Crippen LogP contribution is 2.56. The predicted molar refractivity (Wildman–Crippen MR) is 71.3 cm³/mol. The van der Waals surface area contributed by atoms with E-state index >= 15 is 0 Å². The molecule has 2 bridgehead atoms. The first-order valence-corrected chi connectivity index (χ1v) is 6.96. The lowest BCUT2D eigenvalue weighted by molar-refractivity contribution is -0.0775. The van der Waals surface area contributed by atoms with Crippen LogP contribution in [0.5, 0.6) is 0 Å². The van der Waals surface area contributed by atoms with Crippen LogP contribution in [0.3, 0.4) is 0 Å². The van der Waals surface area contributed by atoms with Gasteiger partial charge in [-0.25, -0.2) is 4.39 Å². The van der Waals surface area contributed by atoms with Crippen LogP contribution in [-0.4, -0.2) is 17.3 Å². The normalized spacial score (nSPS) is 34.8. The zero-order valence-electron chi connectivity index (χ0n) is 11.7. The number of fused-ring (bicyclic) bond motifs is 2. The number of ether oxygens (including phenoxy) is 1. The number of aliphatic hydroxyl groups is 1. The molecule has 20 heavy (non-hydrogen) atoms. The lowest BCUT2D eigenvalue weighted by Crippen LogP contribution is -2.49. The third-order valence-electron chi connectivity index (χ3n) is 5.01. The highest BCUT2D eigenvalue weighted by atomic mass is 19.1. The van der Waals surface area contributed by atoms with E-state index in [-0.39, 0.29) is 18.0 Å². The van der Waals surface area contributed by atoms with Gasteiger partial charge in [-0.15, -0.1) is 0 Å². The van der Waals surface area contributed by atoms with Gasteiger partial charge in [-0.05, 0) is 50.3 Å². The molecule has 4 heteroatoms. The summed E-state index contributed by atoms with van der Waals surface area (Å²) in [7, 11) is 0. The molecule has 0 spiro atoms. The zero-order valence-corrected chi connectivity index (χ0v) is 11.7. The number of hydrogen-bond acceptors (Lipinski definition) is 3. The van der Waals surface area contributed by atoms with Gasteiger partial charge in [0.1, 0.15) is 16.8 Å². The van der Waals surface area contributed by atoms with Crippen LogP contribution in [0.2, 0.25) is 0 Å². The summed E-state index contributed by atoms with van der Waals surface area (Å²) in [4.78, 5) is 0. The van der Waals surface area contributed by atoms with E-state index in [9.17, 15) is 14.8 Å². The van der Waals surface area contributed by atoms with Crippen molar-refractivity contribution in [3.05, 3.63) is 35.1 Å². The first-order valence-electron chi connectivity index (χ1n) is 6.96. The number of hydrogen-bond donors (Lipinski definition) is 1. The summed E-state index contributed by atoms with van der Waals surface area (Å²) in [6.07, 6.45) is 2.00.